The molecule has 1 amide bonds. The van der Waals surface area contributed by atoms with Crippen molar-refractivity contribution in [1.82, 2.24) is 25.1 Å². The number of benzene rings is 2. The Balaban J connectivity index is 1.57. The number of carbonyl (C=O) groups is 1. The third-order valence-electron chi connectivity index (χ3n) is 5.07. The summed E-state index contributed by atoms with van der Waals surface area (Å²) < 4.78 is 0. The van der Waals surface area contributed by atoms with Crippen LogP contribution >= 0.6 is 0 Å². The van der Waals surface area contributed by atoms with Crippen LogP contribution in [0.25, 0.3) is 33.5 Å². The molecule has 1 aliphatic heterocycles. The Morgan fingerprint density at radius 3 is 2.69 bits per heavy atom. The van der Waals surface area contributed by atoms with E-state index in [9.17, 15) is 4.79 Å². The van der Waals surface area contributed by atoms with Crippen molar-refractivity contribution in [2.24, 2.45) is 0 Å². The number of fused-ring (bicyclic) bond motifs is 2. The fraction of sp³-hybridized carbons (Fsp3) is 0.250. The van der Waals surface area contributed by atoms with Crippen molar-refractivity contribution in [3.8, 4) is 11.5 Å². The number of nitrogens with one attached hydrogen (secondary N) is 2. The highest BCUT2D eigenvalue weighted by Gasteiger charge is 2.20. The molecular formula is C20H19N5O. The molecule has 26 heavy (non-hydrogen) atoms. The Morgan fingerprint density at radius 1 is 1.00 bits per heavy atom. The van der Waals surface area contributed by atoms with Crippen molar-refractivity contribution in [3.63, 3.8) is 0 Å². The monoisotopic (exact) mass is 345 g/mol. The maximum Gasteiger partial charge on any atom is 0.253 e. The van der Waals surface area contributed by atoms with Gasteiger partial charge in [-0.3, -0.25) is 9.89 Å². The van der Waals surface area contributed by atoms with E-state index < -0.39 is 0 Å². The SMILES string of the molecule is O=C(c1ccc2[nH]nc(-c3nc4ccccc4[nH]3)c2c1)N1CCCCC1. The van der Waals surface area contributed by atoms with E-state index in [2.05, 4.69) is 20.2 Å². The van der Waals surface area contributed by atoms with E-state index in [4.69, 9.17) is 0 Å². The quantitative estimate of drug-likeness (QED) is 0.581. The van der Waals surface area contributed by atoms with Crippen LogP contribution in [0.2, 0.25) is 0 Å². The van der Waals surface area contributed by atoms with Crippen molar-refractivity contribution in [1.29, 1.82) is 0 Å². The molecule has 0 aliphatic carbocycles. The summed E-state index contributed by atoms with van der Waals surface area (Å²) in [6.45, 7) is 1.69. The third-order valence-corrected chi connectivity index (χ3v) is 5.07. The topological polar surface area (TPSA) is 77.7 Å². The van der Waals surface area contributed by atoms with Gasteiger partial charge in [-0.2, -0.15) is 5.10 Å². The zero-order chi connectivity index (χ0) is 17.5. The summed E-state index contributed by atoms with van der Waals surface area (Å²) in [4.78, 5) is 22.7. The first-order chi connectivity index (χ1) is 12.8. The molecule has 1 saturated heterocycles. The van der Waals surface area contributed by atoms with Crippen molar-refractivity contribution < 1.29 is 4.79 Å². The van der Waals surface area contributed by atoms with E-state index in [1.807, 2.05) is 47.4 Å². The molecule has 0 unspecified atom stereocenters. The molecule has 1 fully saturated rings. The van der Waals surface area contributed by atoms with E-state index >= 15 is 0 Å². The van der Waals surface area contributed by atoms with E-state index in [0.29, 0.717) is 11.4 Å². The first-order valence-electron chi connectivity index (χ1n) is 9.02. The maximum absolute atomic E-state index is 12.8. The van der Waals surface area contributed by atoms with Crippen molar-refractivity contribution in [3.05, 3.63) is 48.0 Å². The minimum atomic E-state index is 0.100. The molecule has 6 heteroatoms. The van der Waals surface area contributed by atoms with Gasteiger partial charge < -0.3 is 9.88 Å². The number of imidazole rings is 1. The number of piperidine rings is 1. The molecule has 1 aliphatic rings. The second-order valence-electron chi connectivity index (χ2n) is 6.79. The Hall–Kier alpha value is -3.15. The van der Waals surface area contributed by atoms with Crippen molar-refractivity contribution >= 4 is 27.8 Å². The Morgan fingerprint density at radius 2 is 1.85 bits per heavy atom. The number of hydrogen-bond donors (Lipinski definition) is 2. The van der Waals surface area contributed by atoms with E-state index in [1.54, 1.807) is 0 Å². The molecular weight excluding hydrogens is 326 g/mol. The van der Waals surface area contributed by atoms with Gasteiger partial charge in [-0.05, 0) is 49.6 Å². The number of rotatable bonds is 2. The molecule has 0 radical (unpaired) electrons. The number of carbonyl (C=O) groups excluding carboxylic acids is 1. The van der Waals surface area contributed by atoms with Crippen molar-refractivity contribution in [2.45, 2.75) is 19.3 Å². The zero-order valence-corrected chi connectivity index (χ0v) is 14.3. The smallest absolute Gasteiger partial charge is 0.253 e. The minimum Gasteiger partial charge on any atom is -0.339 e. The van der Waals surface area contributed by atoms with Gasteiger partial charge in [-0.15, -0.1) is 0 Å². The molecule has 130 valence electrons. The van der Waals surface area contributed by atoms with Crippen LogP contribution in [0.1, 0.15) is 29.6 Å². The Bertz CT molecular complexity index is 1070. The summed E-state index contributed by atoms with van der Waals surface area (Å²) in [5.74, 6) is 0.809. The van der Waals surface area contributed by atoms with Gasteiger partial charge in [0.25, 0.3) is 5.91 Å². The van der Waals surface area contributed by atoms with Crippen molar-refractivity contribution in [2.75, 3.05) is 13.1 Å². The average molecular weight is 345 g/mol. The van der Waals surface area contributed by atoms with Crippen LogP contribution in [-0.4, -0.2) is 44.1 Å². The average Bonchev–Trinajstić information content (AvgIpc) is 3.31. The number of likely N-dealkylation sites (tertiary alicyclic amines) is 1. The number of amides is 1. The third kappa shape index (κ3) is 2.45. The summed E-state index contributed by atoms with van der Waals surface area (Å²) in [6, 6.07) is 13.6. The number of nitrogens with zero attached hydrogens (tertiary/aromatic N) is 3. The van der Waals surface area contributed by atoms with Crippen LogP contribution < -0.4 is 0 Å². The second kappa shape index (κ2) is 5.98. The molecule has 0 saturated carbocycles. The predicted molar refractivity (Wildman–Crippen MR) is 101 cm³/mol. The second-order valence-corrected chi connectivity index (χ2v) is 6.79. The zero-order valence-electron chi connectivity index (χ0n) is 14.3. The van der Waals surface area contributed by atoms with Crippen LogP contribution in [0, 0.1) is 0 Å². The van der Waals surface area contributed by atoms with E-state index in [0.717, 1.165) is 53.6 Å². The lowest BCUT2D eigenvalue weighted by atomic mass is 10.1. The summed E-state index contributed by atoms with van der Waals surface area (Å²) in [5.41, 5.74) is 4.22. The fourth-order valence-electron chi connectivity index (χ4n) is 3.67. The van der Waals surface area contributed by atoms with Gasteiger partial charge in [-0.1, -0.05) is 12.1 Å². The lowest BCUT2D eigenvalue weighted by Crippen LogP contribution is -2.35. The van der Waals surface area contributed by atoms with Gasteiger partial charge >= 0.3 is 0 Å². The highest BCUT2D eigenvalue weighted by molar-refractivity contribution is 6.01. The molecule has 5 rings (SSSR count). The standard InChI is InChI=1S/C20H19N5O/c26-20(25-10-4-1-5-11-25)13-8-9-15-14(12-13)18(24-23-15)19-21-16-6-2-3-7-17(16)22-19/h2-3,6-9,12H,1,4-5,10-11H2,(H,21,22)(H,23,24). The molecule has 2 aromatic heterocycles. The largest absolute Gasteiger partial charge is 0.339 e. The molecule has 4 aromatic rings. The Kier molecular flexibility index (Phi) is 3.48. The Labute approximate surface area is 150 Å². The highest BCUT2D eigenvalue weighted by atomic mass is 16.2. The number of aromatic amines is 2. The van der Waals surface area contributed by atoms with Crippen LogP contribution in [0.15, 0.2) is 42.5 Å². The van der Waals surface area contributed by atoms with Gasteiger partial charge in [0.15, 0.2) is 5.82 Å². The first kappa shape index (κ1) is 15.1. The molecule has 3 heterocycles. The van der Waals surface area contributed by atoms with Gasteiger partial charge in [0, 0.05) is 24.0 Å². The number of H-pyrrole nitrogens is 2. The van der Waals surface area contributed by atoms with Crippen LogP contribution in [0.3, 0.4) is 0 Å². The van der Waals surface area contributed by atoms with Crippen LogP contribution in [-0.2, 0) is 0 Å². The molecule has 0 spiro atoms. The first-order valence-corrected chi connectivity index (χ1v) is 9.02. The van der Waals surface area contributed by atoms with E-state index in [-0.39, 0.29) is 5.91 Å². The molecule has 2 N–H and O–H groups in total. The number of hydrogen-bond acceptors (Lipinski definition) is 3. The van der Waals surface area contributed by atoms with Crippen LogP contribution in [0.4, 0.5) is 0 Å². The van der Waals surface area contributed by atoms with Gasteiger partial charge in [0.05, 0.1) is 16.6 Å². The maximum atomic E-state index is 12.8. The van der Waals surface area contributed by atoms with Gasteiger partial charge in [0.2, 0.25) is 0 Å². The predicted octanol–water partition coefficient (Wildman–Crippen LogP) is 3.73. The molecule has 0 bridgehead atoms. The number of aromatic nitrogens is 4. The fourth-order valence-corrected chi connectivity index (χ4v) is 3.67. The van der Waals surface area contributed by atoms with E-state index in [1.165, 1.54) is 6.42 Å². The summed E-state index contributed by atoms with van der Waals surface area (Å²) in [7, 11) is 0. The highest BCUT2D eigenvalue weighted by Crippen LogP contribution is 2.27. The van der Waals surface area contributed by atoms with Crippen LogP contribution in [0.5, 0.6) is 0 Å². The lowest BCUT2D eigenvalue weighted by Gasteiger charge is -2.26. The number of para-hydroxylation sites is 2. The minimum absolute atomic E-state index is 0.100. The van der Waals surface area contributed by atoms with Gasteiger partial charge in [-0.25, -0.2) is 4.98 Å². The normalized spacial score (nSPS) is 15.0. The summed E-state index contributed by atoms with van der Waals surface area (Å²) >= 11 is 0. The molecule has 0 atom stereocenters. The molecule has 6 nitrogen and oxygen atoms in total. The summed E-state index contributed by atoms with van der Waals surface area (Å²) in [6.07, 6.45) is 3.38. The molecule has 2 aromatic carbocycles. The lowest BCUT2D eigenvalue weighted by molar-refractivity contribution is 0.0724. The summed E-state index contributed by atoms with van der Waals surface area (Å²) in [5, 5.41) is 8.38. The van der Waals surface area contributed by atoms with Gasteiger partial charge in [0.1, 0.15) is 5.69 Å².